The number of para-hydroxylation sites is 1. The number of hydrogen-bond donors (Lipinski definition) is 2. The minimum atomic E-state index is 0. The summed E-state index contributed by atoms with van der Waals surface area (Å²) in [6, 6.07) is 8.53. The maximum atomic E-state index is 5.44. The van der Waals surface area contributed by atoms with E-state index in [0.29, 0.717) is 12.6 Å². The lowest BCUT2D eigenvalue weighted by Crippen LogP contribution is -2.43. The van der Waals surface area contributed by atoms with E-state index in [-0.39, 0.29) is 24.0 Å². The number of aliphatic imine (C=N–C) groups is 1. The molecule has 154 valence electrons. The van der Waals surface area contributed by atoms with E-state index in [1.165, 1.54) is 25.7 Å². The van der Waals surface area contributed by atoms with E-state index in [1.54, 1.807) is 13.4 Å². The Morgan fingerprint density at radius 2 is 2.07 bits per heavy atom. The number of hydrogen-bond acceptors (Lipinski definition) is 4. The summed E-state index contributed by atoms with van der Waals surface area (Å²) in [6.07, 6.45) is 7.67. The fourth-order valence-electron chi connectivity index (χ4n) is 3.45. The first-order valence-corrected chi connectivity index (χ1v) is 9.83. The molecule has 1 aliphatic carbocycles. The molecule has 1 fully saturated rings. The van der Waals surface area contributed by atoms with Gasteiger partial charge in [-0.2, -0.15) is 0 Å². The molecule has 2 N–H and O–H groups in total. The van der Waals surface area contributed by atoms with E-state index < -0.39 is 0 Å². The van der Waals surface area contributed by atoms with Crippen LogP contribution in [0.25, 0.3) is 0 Å². The summed E-state index contributed by atoms with van der Waals surface area (Å²) >= 11 is 0. The molecule has 1 saturated carbocycles. The van der Waals surface area contributed by atoms with E-state index in [1.807, 2.05) is 18.2 Å². The number of benzene rings is 1. The molecule has 0 amide bonds. The summed E-state index contributed by atoms with van der Waals surface area (Å²) in [5, 5.41) is 15.2. The summed E-state index contributed by atoms with van der Waals surface area (Å²) in [4.78, 5) is 4.80. The van der Waals surface area contributed by atoms with Crippen molar-refractivity contribution < 1.29 is 4.74 Å². The third-order valence-electron chi connectivity index (χ3n) is 4.95. The molecular formula is C20H31IN6O. The van der Waals surface area contributed by atoms with Gasteiger partial charge in [0.15, 0.2) is 5.96 Å². The van der Waals surface area contributed by atoms with Gasteiger partial charge in [0.2, 0.25) is 0 Å². The molecule has 0 bridgehead atoms. The van der Waals surface area contributed by atoms with Crippen molar-refractivity contribution in [2.45, 2.75) is 58.2 Å². The van der Waals surface area contributed by atoms with E-state index >= 15 is 0 Å². The molecule has 1 aromatic heterocycles. The first-order chi connectivity index (χ1) is 13.3. The number of guanidine groups is 1. The number of ether oxygens (including phenoxy) is 1. The van der Waals surface area contributed by atoms with Crippen molar-refractivity contribution in [1.82, 2.24) is 25.4 Å². The zero-order chi connectivity index (χ0) is 18.9. The fraction of sp³-hybridized carbons (Fsp3) is 0.550. The summed E-state index contributed by atoms with van der Waals surface area (Å²) in [5.41, 5.74) is 1.08. The van der Waals surface area contributed by atoms with Crippen LogP contribution in [0.1, 0.15) is 44.0 Å². The Morgan fingerprint density at radius 3 is 2.82 bits per heavy atom. The average Bonchev–Trinajstić information content (AvgIpc) is 3.37. The van der Waals surface area contributed by atoms with Crippen molar-refractivity contribution in [3.05, 3.63) is 42.0 Å². The van der Waals surface area contributed by atoms with Crippen molar-refractivity contribution in [3.63, 3.8) is 0 Å². The molecule has 7 nitrogen and oxygen atoms in total. The number of nitrogens with zero attached hydrogens (tertiary/aromatic N) is 4. The topological polar surface area (TPSA) is 76.4 Å². The van der Waals surface area contributed by atoms with Gasteiger partial charge in [0.05, 0.1) is 13.7 Å². The van der Waals surface area contributed by atoms with Crippen molar-refractivity contribution in [2.75, 3.05) is 13.7 Å². The highest BCUT2D eigenvalue weighted by Gasteiger charge is 2.16. The second kappa shape index (κ2) is 11.9. The summed E-state index contributed by atoms with van der Waals surface area (Å²) in [7, 11) is 1.70. The maximum absolute atomic E-state index is 5.44. The number of methoxy groups -OCH3 is 1. The Kier molecular flexibility index (Phi) is 9.52. The van der Waals surface area contributed by atoms with Crippen molar-refractivity contribution >= 4 is 29.9 Å². The highest BCUT2D eigenvalue weighted by atomic mass is 127. The Balaban J connectivity index is 0.00000280. The highest BCUT2D eigenvalue weighted by molar-refractivity contribution is 14.0. The molecule has 28 heavy (non-hydrogen) atoms. The lowest BCUT2D eigenvalue weighted by molar-refractivity contribution is 0.410. The molecule has 0 unspecified atom stereocenters. The largest absolute Gasteiger partial charge is 0.496 e. The minimum absolute atomic E-state index is 0. The van der Waals surface area contributed by atoms with Crippen LogP contribution in [-0.2, 0) is 19.5 Å². The fourth-order valence-corrected chi connectivity index (χ4v) is 3.45. The van der Waals surface area contributed by atoms with Crippen molar-refractivity contribution in [2.24, 2.45) is 4.99 Å². The van der Waals surface area contributed by atoms with Gasteiger partial charge in [-0.05, 0) is 18.9 Å². The molecule has 0 spiro atoms. The Labute approximate surface area is 184 Å². The molecule has 0 saturated heterocycles. The monoisotopic (exact) mass is 498 g/mol. The summed E-state index contributed by atoms with van der Waals surface area (Å²) in [5.74, 6) is 2.74. The predicted molar refractivity (Wildman–Crippen MR) is 122 cm³/mol. The molecule has 0 aliphatic heterocycles. The third kappa shape index (κ3) is 6.35. The SMILES string of the molecule is CCc1nncn1CCNC(=NCc1ccccc1OC)NC1CCCC1.I. The van der Waals surface area contributed by atoms with Gasteiger partial charge in [0, 0.05) is 31.1 Å². The number of rotatable bonds is 8. The van der Waals surface area contributed by atoms with Gasteiger partial charge in [0.25, 0.3) is 0 Å². The van der Waals surface area contributed by atoms with Gasteiger partial charge < -0.3 is 19.9 Å². The Bertz CT molecular complexity index is 742. The van der Waals surface area contributed by atoms with E-state index in [4.69, 9.17) is 9.73 Å². The van der Waals surface area contributed by atoms with Crippen LogP contribution in [-0.4, -0.2) is 40.4 Å². The van der Waals surface area contributed by atoms with E-state index in [9.17, 15) is 0 Å². The minimum Gasteiger partial charge on any atom is -0.496 e. The second-order valence-corrected chi connectivity index (χ2v) is 6.82. The summed E-state index contributed by atoms with van der Waals surface area (Å²) in [6.45, 7) is 4.26. The summed E-state index contributed by atoms with van der Waals surface area (Å²) < 4.78 is 7.52. The zero-order valence-corrected chi connectivity index (χ0v) is 19.1. The lowest BCUT2D eigenvalue weighted by atomic mass is 10.2. The van der Waals surface area contributed by atoms with Crippen LogP contribution in [0.5, 0.6) is 5.75 Å². The maximum Gasteiger partial charge on any atom is 0.191 e. The molecule has 1 heterocycles. The standard InChI is InChI=1S/C20H30N6O.HI/c1-3-19-25-23-15-26(19)13-12-21-20(24-17-9-5-6-10-17)22-14-16-8-4-7-11-18(16)27-2;/h4,7-8,11,15,17H,3,5-6,9-10,12-14H2,1-2H3,(H2,21,22,24);1H. The van der Waals surface area contributed by atoms with Crippen LogP contribution >= 0.6 is 24.0 Å². The first kappa shape index (κ1) is 22.4. The van der Waals surface area contributed by atoms with Crippen LogP contribution in [0.4, 0.5) is 0 Å². The van der Waals surface area contributed by atoms with Gasteiger partial charge >= 0.3 is 0 Å². The normalized spacial score (nSPS) is 14.6. The lowest BCUT2D eigenvalue weighted by Gasteiger charge is -2.18. The van der Waals surface area contributed by atoms with Crippen LogP contribution in [0.15, 0.2) is 35.6 Å². The molecular weight excluding hydrogens is 467 g/mol. The smallest absolute Gasteiger partial charge is 0.191 e. The average molecular weight is 498 g/mol. The number of aromatic nitrogens is 3. The van der Waals surface area contributed by atoms with Gasteiger partial charge in [0.1, 0.15) is 17.9 Å². The van der Waals surface area contributed by atoms with Crippen molar-refractivity contribution in [3.8, 4) is 5.75 Å². The molecule has 8 heteroatoms. The molecule has 2 aromatic rings. The third-order valence-corrected chi connectivity index (χ3v) is 4.95. The quantitative estimate of drug-likeness (QED) is 0.332. The molecule has 1 aromatic carbocycles. The number of aryl methyl sites for hydroxylation is 1. The highest BCUT2D eigenvalue weighted by Crippen LogP contribution is 2.19. The van der Waals surface area contributed by atoms with E-state index in [0.717, 1.165) is 42.6 Å². The molecule has 0 radical (unpaired) electrons. The number of halogens is 1. The Morgan fingerprint density at radius 1 is 1.29 bits per heavy atom. The Hall–Kier alpha value is -1.84. The van der Waals surface area contributed by atoms with Gasteiger partial charge in [-0.3, -0.25) is 0 Å². The van der Waals surface area contributed by atoms with Crippen LogP contribution < -0.4 is 15.4 Å². The van der Waals surface area contributed by atoms with Crippen LogP contribution in [0.2, 0.25) is 0 Å². The van der Waals surface area contributed by atoms with E-state index in [2.05, 4.69) is 38.4 Å². The van der Waals surface area contributed by atoms with Crippen LogP contribution in [0.3, 0.4) is 0 Å². The zero-order valence-electron chi connectivity index (χ0n) is 16.7. The second-order valence-electron chi connectivity index (χ2n) is 6.82. The van der Waals surface area contributed by atoms with Gasteiger partial charge in [-0.1, -0.05) is 38.0 Å². The van der Waals surface area contributed by atoms with Gasteiger partial charge in [-0.15, -0.1) is 34.2 Å². The molecule has 0 atom stereocenters. The number of nitrogens with one attached hydrogen (secondary N) is 2. The van der Waals surface area contributed by atoms with Gasteiger partial charge in [-0.25, -0.2) is 4.99 Å². The van der Waals surface area contributed by atoms with Crippen molar-refractivity contribution in [1.29, 1.82) is 0 Å². The molecule has 3 rings (SSSR count). The van der Waals surface area contributed by atoms with Crippen LogP contribution in [0, 0.1) is 0 Å². The predicted octanol–water partition coefficient (Wildman–Crippen LogP) is 3.15. The first-order valence-electron chi connectivity index (χ1n) is 9.83. The molecule has 1 aliphatic rings.